The molecule has 0 aliphatic carbocycles. The molecule has 1 aliphatic rings. The summed E-state index contributed by atoms with van der Waals surface area (Å²) < 4.78 is 6.95. The predicted octanol–water partition coefficient (Wildman–Crippen LogP) is 1.80. The summed E-state index contributed by atoms with van der Waals surface area (Å²) in [5.41, 5.74) is 1.05. The Hall–Kier alpha value is -3.17. The lowest BCUT2D eigenvalue weighted by Gasteiger charge is -2.38. The molecule has 0 saturated carbocycles. The van der Waals surface area contributed by atoms with Crippen LogP contribution in [0, 0.1) is 0 Å². The smallest absolute Gasteiger partial charge is 0.246 e. The molecule has 168 valence electrons. The zero-order chi connectivity index (χ0) is 22.5. The second-order valence-corrected chi connectivity index (χ2v) is 7.98. The van der Waals surface area contributed by atoms with E-state index in [-0.39, 0.29) is 11.9 Å². The maximum Gasteiger partial charge on any atom is 0.246 e. The Morgan fingerprint density at radius 2 is 2.22 bits per heavy atom. The molecule has 1 saturated heterocycles. The van der Waals surface area contributed by atoms with Crippen LogP contribution in [0.15, 0.2) is 49.2 Å². The van der Waals surface area contributed by atoms with Crippen molar-refractivity contribution in [1.82, 2.24) is 29.7 Å². The first-order valence-corrected chi connectivity index (χ1v) is 10.8. The highest BCUT2D eigenvalue weighted by atomic mass is 35.5. The minimum absolute atomic E-state index is 0.0413. The summed E-state index contributed by atoms with van der Waals surface area (Å²) in [7, 11) is 3.42. The van der Waals surface area contributed by atoms with Crippen molar-refractivity contribution in [3.63, 3.8) is 0 Å². The molecule has 1 aliphatic heterocycles. The molecule has 0 spiro atoms. The minimum atomic E-state index is -0.348. The number of rotatable bonds is 7. The Labute approximate surface area is 192 Å². The van der Waals surface area contributed by atoms with Crippen molar-refractivity contribution in [2.75, 3.05) is 45.2 Å². The van der Waals surface area contributed by atoms with Gasteiger partial charge in [-0.2, -0.15) is 4.98 Å². The molecule has 3 aromatic rings. The molecule has 4 rings (SSSR count). The minimum Gasteiger partial charge on any atom is -0.495 e. The van der Waals surface area contributed by atoms with Crippen molar-refractivity contribution in [1.29, 1.82) is 0 Å². The van der Waals surface area contributed by atoms with Gasteiger partial charge in [-0.05, 0) is 30.2 Å². The van der Waals surface area contributed by atoms with E-state index < -0.39 is 0 Å². The molecule has 32 heavy (non-hydrogen) atoms. The van der Waals surface area contributed by atoms with Crippen molar-refractivity contribution >= 4 is 23.3 Å². The fourth-order valence-corrected chi connectivity index (χ4v) is 4.01. The molecule has 0 bridgehead atoms. The van der Waals surface area contributed by atoms with E-state index in [4.69, 9.17) is 16.3 Å². The molecule has 1 aromatic carbocycles. The Balaban J connectivity index is 1.45. The van der Waals surface area contributed by atoms with E-state index >= 15 is 0 Å². The van der Waals surface area contributed by atoms with Crippen LogP contribution in [0.1, 0.15) is 5.56 Å². The van der Waals surface area contributed by atoms with Gasteiger partial charge in [0.25, 0.3) is 0 Å². The largest absolute Gasteiger partial charge is 0.495 e. The number of hydrogen-bond acceptors (Lipinski definition) is 7. The molecule has 10 heteroatoms. The van der Waals surface area contributed by atoms with Gasteiger partial charge in [0.2, 0.25) is 11.9 Å². The summed E-state index contributed by atoms with van der Waals surface area (Å²) in [6, 6.07) is 7.19. The Bertz CT molecular complexity index is 1060. The summed E-state index contributed by atoms with van der Waals surface area (Å²) >= 11 is 6.23. The SMILES string of the molecule is COc1ccc(CCN(C)C(=O)C2CNCCN2c2ccnc(-n3ccnc3)n2)cc1Cl. The monoisotopic (exact) mass is 455 g/mol. The first kappa shape index (κ1) is 22.0. The molecular formula is C22H26ClN7O2. The number of hydrogen-bond donors (Lipinski definition) is 1. The number of aromatic nitrogens is 4. The lowest BCUT2D eigenvalue weighted by atomic mass is 10.1. The first-order chi connectivity index (χ1) is 15.6. The van der Waals surface area contributed by atoms with Crippen LogP contribution in [0.5, 0.6) is 5.75 Å². The molecule has 1 N–H and O–H groups in total. The summed E-state index contributed by atoms with van der Waals surface area (Å²) in [4.78, 5) is 30.2. The van der Waals surface area contributed by atoms with E-state index in [1.807, 2.05) is 36.2 Å². The fourth-order valence-electron chi connectivity index (χ4n) is 3.73. The Morgan fingerprint density at radius 1 is 1.34 bits per heavy atom. The normalized spacial score (nSPS) is 16.1. The third-order valence-electron chi connectivity index (χ3n) is 5.51. The second kappa shape index (κ2) is 9.97. The average Bonchev–Trinajstić information content (AvgIpc) is 3.37. The quantitative estimate of drug-likeness (QED) is 0.581. The number of halogens is 1. The van der Waals surface area contributed by atoms with Gasteiger partial charge < -0.3 is 19.9 Å². The van der Waals surface area contributed by atoms with Crippen LogP contribution in [0.2, 0.25) is 5.02 Å². The van der Waals surface area contributed by atoms with Crippen LogP contribution in [0.25, 0.3) is 5.95 Å². The maximum atomic E-state index is 13.3. The molecule has 1 unspecified atom stereocenters. The van der Waals surface area contributed by atoms with E-state index in [1.165, 1.54) is 0 Å². The lowest BCUT2D eigenvalue weighted by Crippen LogP contribution is -2.58. The summed E-state index contributed by atoms with van der Waals surface area (Å²) in [6.07, 6.45) is 7.53. The Morgan fingerprint density at radius 3 is 2.97 bits per heavy atom. The van der Waals surface area contributed by atoms with E-state index in [2.05, 4.69) is 20.3 Å². The number of piperazine rings is 1. The third kappa shape index (κ3) is 4.84. The number of ether oxygens (including phenoxy) is 1. The molecule has 1 fully saturated rings. The fraction of sp³-hybridized carbons (Fsp3) is 0.364. The number of imidazole rings is 1. The van der Waals surface area contributed by atoms with Gasteiger partial charge in [-0.3, -0.25) is 9.36 Å². The molecule has 0 radical (unpaired) electrons. The van der Waals surface area contributed by atoms with E-state index in [0.717, 1.165) is 17.9 Å². The predicted molar refractivity (Wildman–Crippen MR) is 123 cm³/mol. The van der Waals surface area contributed by atoms with Crippen LogP contribution in [-0.2, 0) is 11.2 Å². The number of benzene rings is 1. The van der Waals surface area contributed by atoms with E-state index in [9.17, 15) is 4.79 Å². The topological polar surface area (TPSA) is 88.4 Å². The van der Waals surface area contributed by atoms with Crippen molar-refractivity contribution in [3.05, 3.63) is 59.8 Å². The van der Waals surface area contributed by atoms with Crippen molar-refractivity contribution in [2.45, 2.75) is 12.5 Å². The number of nitrogens with one attached hydrogen (secondary N) is 1. The van der Waals surface area contributed by atoms with Crippen LogP contribution in [0.4, 0.5) is 5.82 Å². The van der Waals surface area contributed by atoms with Crippen LogP contribution in [-0.4, -0.2) is 76.7 Å². The van der Waals surface area contributed by atoms with Gasteiger partial charge in [-0.25, -0.2) is 9.97 Å². The number of amides is 1. The van der Waals surface area contributed by atoms with Crippen LogP contribution < -0.4 is 15.0 Å². The number of carbonyl (C=O) groups excluding carboxylic acids is 1. The number of anilines is 1. The van der Waals surface area contributed by atoms with Gasteiger partial charge >= 0.3 is 0 Å². The summed E-state index contributed by atoms with van der Waals surface area (Å²) in [6.45, 7) is 2.60. The number of nitrogens with zero attached hydrogens (tertiary/aromatic N) is 6. The Kier molecular flexibility index (Phi) is 6.87. The molecule has 3 heterocycles. The van der Waals surface area contributed by atoms with Crippen molar-refractivity contribution in [2.24, 2.45) is 0 Å². The van der Waals surface area contributed by atoms with Gasteiger partial charge in [0, 0.05) is 51.8 Å². The second-order valence-electron chi connectivity index (χ2n) is 7.58. The molecular weight excluding hydrogens is 430 g/mol. The zero-order valence-electron chi connectivity index (χ0n) is 18.1. The van der Waals surface area contributed by atoms with Gasteiger partial charge in [-0.1, -0.05) is 17.7 Å². The van der Waals surface area contributed by atoms with E-state index in [1.54, 1.807) is 41.5 Å². The maximum absolute atomic E-state index is 13.3. The number of likely N-dealkylation sites (N-methyl/N-ethyl adjacent to an activating group) is 1. The molecule has 1 amide bonds. The van der Waals surface area contributed by atoms with Crippen LogP contribution in [0.3, 0.4) is 0 Å². The lowest BCUT2D eigenvalue weighted by molar-refractivity contribution is -0.131. The number of methoxy groups -OCH3 is 1. The molecule has 1 atom stereocenters. The van der Waals surface area contributed by atoms with E-state index in [0.29, 0.717) is 42.8 Å². The standard InChI is InChI=1S/C22H26ClN7O2/c1-28(10-6-16-3-4-19(32-2)17(23)13-16)21(31)18-14-24-9-12-30(18)20-5-7-26-22(27-20)29-11-8-25-15-29/h3-5,7-8,11,13,15,18,24H,6,9-10,12,14H2,1-2H3. The number of carbonyl (C=O) groups is 1. The van der Waals surface area contributed by atoms with Crippen molar-refractivity contribution < 1.29 is 9.53 Å². The summed E-state index contributed by atoms with van der Waals surface area (Å²) in [5, 5.41) is 3.90. The zero-order valence-corrected chi connectivity index (χ0v) is 18.9. The molecule has 9 nitrogen and oxygen atoms in total. The average molecular weight is 456 g/mol. The van der Waals surface area contributed by atoms with Crippen LogP contribution >= 0.6 is 11.6 Å². The highest BCUT2D eigenvalue weighted by Gasteiger charge is 2.31. The highest BCUT2D eigenvalue weighted by Crippen LogP contribution is 2.25. The van der Waals surface area contributed by atoms with Crippen molar-refractivity contribution in [3.8, 4) is 11.7 Å². The first-order valence-electron chi connectivity index (χ1n) is 10.4. The third-order valence-corrected chi connectivity index (χ3v) is 5.81. The van der Waals surface area contributed by atoms with Gasteiger partial charge in [-0.15, -0.1) is 0 Å². The summed E-state index contributed by atoms with van der Waals surface area (Å²) in [5.74, 6) is 1.93. The highest BCUT2D eigenvalue weighted by molar-refractivity contribution is 6.32. The van der Waals surface area contributed by atoms with Gasteiger partial charge in [0.05, 0.1) is 12.1 Å². The van der Waals surface area contributed by atoms with Gasteiger partial charge in [0.15, 0.2) is 0 Å². The molecule has 2 aromatic heterocycles. The van der Waals surface area contributed by atoms with Gasteiger partial charge in [0.1, 0.15) is 23.9 Å².